The molecule has 0 aliphatic heterocycles. The van der Waals surface area contributed by atoms with E-state index in [1.807, 2.05) is 0 Å². The molecule has 0 aliphatic carbocycles. The van der Waals surface area contributed by atoms with Crippen LogP contribution in [0.25, 0.3) is 0 Å². The van der Waals surface area contributed by atoms with E-state index in [-0.39, 0.29) is 10.7 Å². The topological polar surface area (TPSA) is 76.1 Å². The highest BCUT2D eigenvalue weighted by molar-refractivity contribution is 6.31. The molecule has 1 amide bonds. The van der Waals surface area contributed by atoms with Gasteiger partial charge in [0.1, 0.15) is 11.6 Å². The van der Waals surface area contributed by atoms with Gasteiger partial charge in [0.25, 0.3) is 5.91 Å². The Morgan fingerprint density at radius 2 is 2.14 bits per heavy atom. The van der Waals surface area contributed by atoms with Crippen LogP contribution in [-0.4, -0.2) is 36.4 Å². The van der Waals surface area contributed by atoms with Crippen LogP contribution in [0.3, 0.4) is 0 Å². The van der Waals surface area contributed by atoms with E-state index in [0.29, 0.717) is 24.7 Å². The van der Waals surface area contributed by atoms with E-state index in [4.69, 9.17) is 16.3 Å². The third-order valence-corrected chi connectivity index (χ3v) is 2.98. The highest BCUT2D eigenvalue weighted by atomic mass is 35.5. The molecule has 0 radical (unpaired) electrons. The minimum atomic E-state index is -0.550. The lowest BCUT2D eigenvalue weighted by atomic mass is 10.3. The number of ether oxygens (including phenoxy) is 1. The van der Waals surface area contributed by atoms with Crippen molar-refractivity contribution in [2.24, 2.45) is 0 Å². The summed E-state index contributed by atoms with van der Waals surface area (Å²) in [7, 11) is 1.60. The van der Waals surface area contributed by atoms with Crippen LogP contribution in [0, 0.1) is 5.82 Å². The molecule has 0 saturated heterocycles. The molecular weight excluding hydrogens is 311 g/mol. The third-order valence-electron chi connectivity index (χ3n) is 2.69. The van der Waals surface area contributed by atoms with Gasteiger partial charge in [-0.25, -0.2) is 4.39 Å². The monoisotopic (exact) mass is 324 g/mol. The molecule has 1 heterocycles. The van der Waals surface area contributed by atoms with Crippen LogP contribution >= 0.6 is 11.6 Å². The van der Waals surface area contributed by atoms with Gasteiger partial charge < -0.3 is 15.4 Å². The molecule has 0 fully saturated rings. The summed E-state index contributed by atoms with van der Waals surface area (Å²) >= 11 is 5.65. The molecule has 0 unspecified atom stereocenters. The summed E-state index contributed by atoms with van der Waals surface area (Å²) in [6, 6.07) is 7.07. The fourth-order valence-corrected chi connectivity index (χ4v) is 1.78. The molecule has 2 rings (SSSR count). The average Bonchev–Trinajstić information content (AvgIpc) is 2.52. The van der Waals surface area contributed by atoms with Crippen molar-refractivity contribution in [2.75, 3.05) is 30.9 Å². The summed E-state index contributed by atoms with van der Waals surface area (Å²) in [5, 5.41) is 13.2. The lowest BCUT2D eigenvalue weighted by molar-refractivity contribution is 0.102. The highest BCUT2D eigenvalue weighted by Crippen LogP contribution is 2.19. The lowest BCUT2D eigenvalue weighted by Gasteiger charge is -2.06. The van der Waals surface area contributed by atoms with Crippen LogP contribution < -0.4 is 10.6 Å². The van der Waals surface area contributed by atoms with Crippen LogP contribution in [0.2, 0.25) is 5.02 Å². The van der Waals surface area contributed by atoms with E-state index in [1.165, 1.54) is 24.3 Å². The number of carbonyl (C=O) groups excluding carboxylic acids is 1. The number of carbonyl (C=O) groups is 1. The summed E-state index contributed by atoms with van der Waals surface area (Å²) in [5.41, 5.74) is 0.512. The number of amides is 1. The second-order valence-electron chi connectivity index (χ2n) is 4.31. The van der Waals surface area contributed by atoms with Crippen LogP contribution in [-0.2, 0) is 4.74 Å². The summed E-state index contributed by atoms with van der Waals surface area (Å²) in [5.74, 6) is -0.469. The summed E-state index contributed by atoms with van der Waals surface area (Å²) < 4.78 is 17.9. The molecule has 1 aromatic carbocycles. The van der Waals surface area contributed by atoms with Gasteiger partial charge >= 0.3 is 0 Å². The Hall–Kier alpha value is -2.25. The number of halogens is 2. The summed E-state index contributed by atoms with van der Waals surface area (Å²) in [6.07, 6.45) is 0. The smallest absolute Gasteiger partial charge is 0.276 e. The van der Waals surface area contributed by atoms with Crippen molar-refractivity contribution < 1.29 is 13.9 Å². The molecule has 116 valence electrons. The Morgan fingerprint density at radius 3 is 2.77 bits per heavy atom. The first-order chi connectivity index (χ1) is 10.6. The highest BCUT2D eigenvalue weighted by Gasteiger charge is 2.10. The van der Waals surface area contributed by atoms with E-state index in [1.54, 1.807) is 13.2 Å². The zero-order valence-electron chi connectivity index (χ0n) is 11.8. The van der Waals surface area contributed by atoms with E-state index in [2.05, 4.69) is 20.8 Å². The van der Waals surface area contributed by atoms with E-state index >= 15 is 0 Å². The van der Waals surface area contributed by atoms with Gasteiger partial charge in [0.05, 0.1) is 11.6 Å². The number of aromatic nitrogens is 2. The predicted octanol–water partition coefficient (Wildman–Crippen LogP) is 2.58. The van der Waals surface area contributed by atoms with Gasteiger partial charge in [0.2, 0.25) is 0 Å². The molecule has 1 aromatic heterocycles. The van der Waals surface area contributed by atoms with Crippen LogP contribution in [0.4, 0.5) is 15.9 Å². The second-order valence-corrected chi connectivity index (χ2v) is 4.71. The Bertz CT molecular complexity index is 652. The Balaban J connectivity index is 1.98. The fraction of sp³-hybridized carbons (Fsp3) is 0.214. The van der Waals surface area contributed by atoms with Crippen molar-refractivity contribution in [1.82, 2.24) is 10.2 Å². The SMILES string of the molecule is COCCNc1ccc(C(=O)Nc2ccc(F)c(Cl)c2)nn1. The second kappa shape index (κ2) is 7.67. The van der Waals surface area contributed by atoms with E-state index in [0.717, 1.165) is 0 Å². The number of anilines is 2. The number of hydrogen-bond donors (Lipinski definition) is 2. The van der Waals surface area contributed by atoms with E-state index in [9.17, 15) is 9.18 Å². The van der Waals surface area contributed by atoms with Gasteiger partial charge in [0.15, 0.2) is 5.69 Å². The molecule has 0 bridgehead atoms. The molecule has 6 nitrogen and oxygen atoms in total. The lowest BCUT2D eigenvalue weighted by Crippen LogP contribution is -2.15. The molecule has 0 saturated carbocycles. The largest absolute Gasteiger partial charge is 0.383 e. The van der Waals surface area contributed by atoms with Crippen molar-refractivity contribution in [3.63, 3.8) is 0 Å². The van der Waals surface area contributed by atoms with Crippen molar-refractivity contribution in [3.05, 3.63) is 46.9 Å². The zero-order chi connectivity index (χ0) is 15.9. The van der Waals surface area contributed by atoms with Crippen molar-refractivity contribution >= 4 is 29.0 Å². The number of nitrogens with zero attached hydrogens (tertiary/aromatic N) is 2. The quantitative estimate of drug-likeness (QED) is 0.799. The minimum absolute atomic E-state index is 0.0680. The molecule has 8 heteroatoms. The normalized spacial score (nSPS) is 10.3. The number of hydrogen-bond acceptors (Lipinski definition) is 5. The molecule has 0 aliphatic rings. The number of nitrogens with one attached hydrogen (secondary N) is 2. The first kappa shape index (κ1) is 16.1. The fourth-order valence-electron chi connectivity index (χ4n) is 1.60. The Kier molecular flexibility index (Phi) is 5.62. The van der Waals surface area contributed by atoms with Gasteiger partial charge in [-0.15, -0.1) is 10.2 Å². The maximum Gasteiger partial charge on any atom is 0.276 e. The van der Waals surface area contributed by atoms with Crippen LogP contribution in [0.5, 0.6) is 0 Å². The van der Waals surface area contributed by atoms with Crippen LogP contribution in [0.1, 0.15) is 10.5 Å². The summed E-state index contributed by atoms with van der Waals surface area (Å²) in [4.78, 5) is 12.0. The maximum absolute atomic E-state index is 13.0. The minimum Gasteiger partial charge on any atom is -0.383 e. The van der Waals surface area contributed by atoms with Crippen molar-refractivity contribution in [3.8, 4) is 0 Å². The number of methoxy groups -OCH3 is 1. The standard InChI is InChI=1S/C14H14ClFN4O2/c1-22-7-6-17-13-5-4-12(19-20-13)14(21)18-9-2-3-11(16)10(15)8-9/h2-5,8H,6-7H2,1H3,(H,17,20)(H,18,21). The van der Waals surface area contributed by atoms with E-state index < -0.39 is 11.7 Å². The van der Waals surface area contributed by atoms with Crippen molar-refractivity contribution in [2.45, 2.75) is 0 Å². The third kappa shape index (κ3) is 4.37. The van der Waals surface area contributed by atoms with Gasteiger partial charge in [-0.3, -0.25) is 4.79 Å². The first-order valence-electron chi connectivity index (χ1n) is 6.43. The van der Waals surface area contributed by atoms with Crippen molar-refractivity contribution in [1.29, 1.82) is 0 Å². The molecule has 0 spiro atoms. The number of rotatable bonds is 6. The molecular formula is C14H14ClFN4O2. The first-order valence-corrected chi connectivity index (χ1v) is 6.81. The van der Waals surface area contributed by atoms with Gasteiger partial charge in [-0.1, -0.05) is 11.6 Å². The molecule has 2 aromatic rings. The Labute approximate surface area is 131 Å². The predicted molar refractivity (Wildman–Crippen MR) is 81.8 cm³/mol. The van der Waals surface area contributed by atoms with Gasteiger partial charge in [-0.2, -0.15) is 0 Å². The maximum atomic E-state index is 13.0. The summed E-state index contributed by atoms with van der Waals surface area (Å²) in [6.45, 7) is 1.13. The van der Waals surface area contributed by atoms with Gasteiger partial charge in [-0.05, 0) is 30.3 Å². The molecule has 2 N–H and O–H groups in total. The Morgan fingerprint density at radius 1 is 1.32 bits per heavy atom. The zero-order valence-corrected chi connectivity index (χ0v) is 12.5. The number of benzene rings is 1. The van der Waals surface area contributed by atoms with Gasteiger partial charge in [0, 0.05) is 19.3 Å². The van der Waals surface area contributed by atoms with Crippen LogP contribution in [0.15, 0.2) is 30.3 Å². The average molecular weight is 325 g/mol. The molecule has 0 atom stereocenters. The molecule has 22 heavy (non-hydrogen) atoms.